The Morgan fingerprint density at radius 3 is 2.28 bits per heavy atom. The lowest BCUT2D eigenvalue weighted by molar-refractivity contribution is -0.124. The third-order valence-corrected chi connectivity index (χ3v) is 15.1. The number of hydrogen-bond acceptors (Lipinski definition) is 12. The molecule has 15 nitrogen and oxygen atoms in total. The number of carbonyl (C=O) groups excluding carboxylic acids is 3. The fraction of sp³-hybridized carbons (Fsp3) is 0.471. The van der Waals surface area contributed by atoms with E-state index in [0.29, 0.717) is 53.9 Å². The highest BCUT2D eigenvalue weighted by molar-refractivity contribution is 7.92. The molecule has 1 unspecified atom stereocenters. The second kappa shape index (κ2) is 24.8. The second-order valence-corrected chi connectivity index (χ2v) is 20.6. The molecule has 2 saturated heterocycles. The van der Waals surface area contributed by atoms with Gasteiger partial charge in [-0.2, -0.15) is 0 Å². The number of nitrogens with two attached hydrogens (primary N) is 1. The summed E-state index contributed by atoms with van der Waals surface area (Å²) in [6.45, 7) is 23.9. The third kappa shape index (κ3) is 12.8. The zero-order chi connectivity index (χ0) is 49.7. The van der Waals surface area contributed by atoms with Crippen LogP contribution in [0.3, 0.4) is 0 Å². The molecule has 0 aliphatic carbocycles. The van der Waals surface area contributed by atoms with Gasteiger partial charge < -0.3 is 36.2 Å². The molecular weight excluding hydrogens is 902 g/mol. The maximum Gasteiger partial charge on any atom is 0.262 e. The van der Waals surface area contributed by atoms with E-state index >= 15 is 0 Å². The number of amidine groups is 1. The number of anilines is 2. The average molecular weight is 973 g/mol. The Morgan fingerprint density at radius 2 is 1.65 bits per heavy atom. The molecule has 3 amide bonds. The number of carbonyl (C=O) groups is 3. The van der Waals surface area contributed by atoms with Crippen molar-refractivity contribution >= 4 is 68.8 Å². The molecule has 68 heavy (non-hydrogen) atoms. The van der Waals surface area contributed by atoms with Crippen LogP contribution < -0.4 is 26.4 Å². The number of hydrogen-bond donors (Lipinski definition) is 4. The number of piperidine rings is 2. The molecule has 3 aliphatic rings. The number of para-hydroxylation sites is 1. The molecule has 6 rings (SSSR count). The van der Waals surface area contributed by atoms with Crippen LogP contribution in [0.4, 0.5) is 17.1 Å². The number of fused-ring (bicyclic) bond motifs is 1. The lowest BCUT2D eigenvalue weighted by atomic mass is 9.85. The molecule has 17 heteroatoms. The Kier molecular flexibility index (Phi) is 19.5. The summed E-state index contributed by atoms with van der Waals surface area (Å²) in [6.07, 6.45) is 7.76. The molecule has 3 aliphatic heterocycles. The molecule has 5 N–H and O–H groups in total. The molecule has 2 fully saturated rings. The molecule has 3 aromatic rings. The Bertz CT molecular complexity index is 2460. The predicted octanol–water partition coefficient (Wildman–Crippen LogP) is 8.24. The number of imide groups is 1. The first-order valence-electron chi connectivity index (χ1n) is 23.6. The third-order valence-electron chi connectivity index (χ3n) is 12.6. The highest BCUT2D eigenvalue weighted by atomic mass is 35.5. The Balaban J connectivity index is 0.00000426. The van der Waals surface area contributed by atoms with Crippen LogP contribution in [0, 0.1) is 6.92 Å². The fourth-order valence-electron chi connectivity index (χ4n) is 9.11. The first kappa shape index (κ1) is 53.6. The molecule has 0 bridgehead atoms. The number of aliphatic imine (C=N–C) groups is 2. The van der Waals surface area contributed by atoms with Crippen LogP contribution in [-0.2, 0) is 14.6 Å². The first-order valence-corrected chi connectivity index (χ1v) is 25.5. The lowest BCUT2D eigenvalue weighted by Gasteiger charge is -2.42. The zero-order valence-corrected chi connectivity index (χ0v) is 42.3. The number of nitrogens with zero attached hydrogens (tertiary/aromatic N) is 5. The summed E-state index contributed by atoms with van der Waals surface area (Å²) in [5.74, 6) is -0.0991. The number of benzene rings is 3. The van der Waals surface area contributed by atoms with Gasteiger partial charge in [0.2, 0.25) is 5.91 Å². The number of ether oxygens (including phenoxy) is 1. The maximum absolute atomic E-state index is 13.4. The van der Waals surface area contributed by atoms with E-state index in [2.05, 4.69) is 68.8 Å². The van der Waals surface area contributed by atoms with E-state index in [0.717, 1.165) is 74.6 Å². The molecule has 3 heterocycles. The van der Waals surface area contributed by atoms with Crippen LogP contribution >= 0.6 is 11.6 Å². The Labute approximate surface area is 408 Å². The van der Waals surface area contributed by atoms with Gasteiger partial charge in [-0.15, -0.1) is 0 Å². The van der Waals surface area contributed by atoms with E-state index in [1.807, 2.05) is 26.8 Å². The Hall–Kier alpha value is -5.39. The standard InChI is InChI=1S/C50H65ClN8O6S.CH5N/c1-9-13-44(48(60)53-10-2)59-49(61)38-17-16-36(29-40(38)50(59)62)54-22-27-57-23-20-37(21-24-57)58-25-18-35(19-26-58)39-30-45(65-32(3)4)43(28-34(39)7)56-47(41(51)31-52-8)55-42-14-11-12-15-46(42)66(63,64)33(5)6;1-2/h10-12,14-17,28-33,35,37,44,54H,2,8-9,13,18-27H2,1,3-7H3,(H,53,60)(H,55,56);2H2,1H3/b41-31+;. The minimum atomic E-state index is -3.64. The number of aryl methyl sites for hydroxylation is 1. The summed E-state index contributed by atoms with van der Waals surface area (Å²) in [6, 6.07) is 15.7. The van der Waals surface area contributed by atoms with Crippen molar-refractivity contribution < 1.29 is 27.5 Å². The van der Waals surface area contributed by atoms with Gasteiger partial charge in [0.25, 0.3) is 11.8 Å². The van der Waals surface area contributed by atoms with Crippen LogP contribution in [0.25, 0.3) is 0 Å². The number of nitrogens with one attached hydrogen (secondary N) is 3. The van der Waals surface area contributed by atoms with E-state index in [9.17, 15) is 22.8 Å². The van der Waals surface area contributed by atoms with Gasteiger partial charge in [0.05, 0.1) is 38.8 Å². The van der Waals surface area contributed by atoms with E-state index in [1.165, 1.54) is 25.0 Å². The normalized spacial score (nSPS) is 17.1. The van der Waals surface area contributed by atoms with Gasteiger partial charge in [-0.1, -0.05) is 43.7 Å². The summed E-state index contributed by atoms with van der Waals surface area (Å²) in [7, 11) is -2.14. The average Bonchev–Trinajstić information content (AvgIpc) is 3.57. The van der Waals surface area contributed by atoms with Crippen molar-refractivity contribution in [2.75, 3.05) is 56.9 Å². The van der Waals surface area contributed by atoms with Crippen molar-refractivity contribution in [2.45, 2.75) is 114 Å². The fourth-order valence-corrected chi connectivity index (χ4v) is 10.4. The largest absolute Gasteiger partial charge is 0.489 e. The molecule has 0 spiro atoms. The molecule has 1 atom stereocenters. The van der Waals surface area contributed by atoms with Crippen molar-refractivity contribution in [2.24, 2.45) is 15.7 Å². The predicted molar refractivity (Wildman–Crippen MR) is 275 cm³/mol. The summed E-state index contributed by atoms with van der Waals surface area (Å²) in [5, 5.41) is 8.85. The molecule has 0 radical (unpaired) electrons. The summed E-state index contributed by atoms with van der Waals surface area (Å²) in [4.78, 5) is 54.3. The minimum absolute atomic E-state index is 0.113. The summed E-state index contributed by atoms with van der Waals surface area (Å²) >= 11 is 6.72. The van der Waals surface area contributed by atoms with Crippen molar-refractivity contribution in [1.29, 1.82) is 0 Å². The lowest BCUT2D eigenvalue weighted by Crippen LogP contribution is -2.48. The van der Waals surface area contributed by atoms with Gasteiger partial charge in [0.15, 0.2) is 15.7 Å². The number of amides is 3. The minimum Gasteiger partial charge on any atom is -0.489 e. The quantitative estimate of drug-likeness (QED) is 0.0514. The number of sulfone groups is 1. The van der Waals surface area contributed by atoms with Crippen molar-refractivity contribution in [3.05, 3.63) is 101 Å². The SMILES string of the molecule is C=CNC(=O)C(CCC)N1C(=O)c2ccc(NCCN3CCC(N4CCC(c5cc(OC(C)C)c(NC(=Nc6ccccc6S(=O)(=O)C(C)C)/C(Cl)=C\N=C)cc5C)CC4)CC3)cc2C1=O.CN. The maximum atomic E-state index is 13.4. The van der Waals surface area contributed by atoms with Crippen molar-refractivity contribution in [1.82, 2.24) is 20.0 Å². The van der Waals surface area contributed by atoms with Gasteiger partial charge in [-0.05, 0) is 172 Å². The number of likely N-dealkylation sites (tertiary alicyclic amines) is 2. The van der Waals surface area contributed by atoms with Crippen LogP contribution in [0.5, 0.6) is 5.75 Å². The molecule has 3 aromatic carbocycles. The zero-order valence-electron chi connectivity index (χ0n) is 40.7. The van der Waals surface area contributed by atoms with E-state index in [1.54, 1.807) is 50.2 Å². The smallest absolute Gasteiger partial charge is 0.262 e. The van der Waals surface area contributed by atoms with Crippen molar-refractivity contribution in [3.8, 4) is 5.75 Å². The molecule has 0 saturated carbocycles. The van der Waals surface area contributed by atoms with Crippen LogP contribution in [0.2, 0.25) is 0 Å². The van der Waals surface area contributed by atoms with Crippen LogP contribution in [-0.4, -0.2) is 123 Å². The monoisotopic (exact) mass is 971 g/mol. The van der Waals surface area contributed by atoms with Gasteiger partial charge in [-0.3, -0.25) is 24.3 Å². The van der Waals surface area contributed by atoms with Gasteiger partial charge in [-0.25, -0.2) is 13.4 Å². The number of halogens is 1. The summed E-state index contributed by atoms with van der Waals surface area (Å²) < 4.78 is 32.9. The highest BCUT2D eigenvalue weighted by Crippen LogP contribution is 2.39. The number of rotatable bonds is 19. The van der Waals surface area contributed by atoms with E-state index in [4.69, 9.17) is 21.3 Å². The Morgan fingerprint density at radius 1 is 0.971 bits per heavy atom. The van der Waals surface area contributed by atoms with Gasteiger partial charge in [0.1, 0.15) is 16.8 Å². The van der Waals surface area contributed by atoms with E-state index < -0.39 is 38.9 Å². The molecule has 0 aromatic heterocycles. The van der Waals surface area contributed by atoms with Crippen molar-refractivity contribution in [3.63, 3.8) is 0 Å². The van der Waals surface area contributed by atoms with Gasteiger partial charge in [0, 0.05) is 31.0 Å². The molecular formula is C51H70ClN9O6S. The topological polar surface area (TPSA) is 191 Å². The summed E-state index contributed by atoms with van der Waals surface area (Å²) in [5.41, 5.74) is 9.15. The van der Waals surface area contributed by atoms with E-state index in [-0.39, 0.29) is 27.6 Å². The van der Waals surface area contributed by atoms with Crippen LogP contribution in [0.1, 0.15) is 111 Å². The van der Waals surface area contributed by atoms with Crippen LogP contribution in [0.15, 0.2) is 93.5 Å². The second-order valence-electron chi connectivity index (χ2n) is 17.7. The first-order chi connectivity index (χ1) is 32.6. The van der Waals surface area contributed by atoms with Gasteiger partial charge >= 0.3 is 0 Å². The molecule has 368 valence electrons. The highest BCUT2D eigenvalue weighted by Gasteiger charge is 2.42.